The first kappa shape index (κ1) is 18.1. The van der Waals surface area contributed by atoms with E-state index in [1.807, 2.05) is 18.2 Å². The fraction of sp³-hybridized carbons (Fsp3) is 0.529. The number of esters is 1. The van der Waals surface area contributed by atoms with Gasteiger partial charge in [-0.1, -0.05) is 12.1 Å². The molecule has 1 heterocycles. The summed E-state index contributed by atoms with van der Waals surface area (Å²) in [5.74, 6) is -0.212. The van der Waals surface area contributed by atoms with Crippen LogP contribution in [0.4, 0.5) is 5.69 Å². The topological polar surface area (TPSA) is 97.0 Å². The van der Waals surface area contributed by atoms with Crippen molar-refractivity contribution in [1.82, 2.24) is 5.32 Å². The Labute approximate surface area is 141 Å². The van der Waals surface area contributed by atoms with Gasteiger partial charge in [-0.05, 0) is 30.5 Å². The number of piperazine rings is 1. The summed E-state index contributed by atoms with van der Waals surface area (Å²) in [5.41, 5.74) is 8.94. The normalized spacial score (nSPS) is 17.2. The molecular formula is C17H24N4O3. The summed E-state index contributed by atoms with van der Waals surface area (Å²) in [4.78, 5) is 28.3. The molecule has 130 valence electrons. The molecule has 1 aliphatic heterocycles. The lowest BCUT2D eigenvalue weighted by Gasteiger charge is -2.36. The number of ether oxygens (including phenoxy) is 1. The van der Waals surface area contributed by atoms with Crippen LogP contribution in [0.5, 0.6) is 0 Å². The molecular weight excluding hydrogens is 308 g/mol. The van der Waals surface area contributed by atoms with Crippen LogP contribution < -0.4 is 16.0 Å². The van der Waals surface area contributed by atoms with Crippen LogP contribution in [0.1, 0.15) is 24.5 Å². The van der Waals surface area contributed by atoms with Crippen molar-refractivity contribution in [2.24, 2.45) is 10.7 Å². The summed E-state index contributed by atoms with van der Waals surface area (Å²) in [5, 5.41) is 3.22. The summed E-state index contributed by atoms with van der Waals surface area (Å²) in [7, 11) is 0. The molecule has 0 aromatic heterocycles. The minimum Gasteiger partial charge on any atom is -0.466 e. The second-order valence-corrected chi connectivity index (χ2v) is 5.52. The van der Waals surface area contributed by atoms with Crippen LogP contribution in [-0.2, 0) is 27.3 Å². The van der Waals surface area contributed by atoms with Gasteiger partial charge in [-0.2, -0.15) is 4.99 Å². The van der Waals surface area contributed by atoms with Gasteiger partial charge in [-0.3, -0.25) is 4.79 Å². The number of aryl methyl sites for hydroxylation is 1. The SMILES string of the molecule is CCOC(=O)CCc1cccc(N2CCNCC2N=C=O)c1CN. The van der Waals surface area contributed by atoms with Crippen molar-refractivity contribution in [3.05, 3.63) is 29.3 Å². The number of hydrogen-bond donors (Lipinski definition) is 2. The van der Waals surface area contributed by atoms with Gasteiger partial charge in [-0.15, -0.1) is 0 Å². The van der Waals surface area contributed by atoms with Crippen LogP contribution in [0.2, 0.25) is 0 Å². The zero-order chi connectivity index (χ0) is 17.4. The molecule has 0 radical (unpaired) electrons. The monoisotopic (exact) mass is 332 g/mol. The Bertz CT molecular complexity index is 614. The van der Waals surface area contributed by atoms with E-state index in [0.717, 1.165) is 29.9 Å². The molecule has 7 nitrogen and oxygen atoms in total. The first-order valence-corrected chi connectivity index (χ1v) is 8.22. The number of rotatable bonds is 7. The number of benzene rings is 1. The minimum absolute atomic E-state index is 0.212. The maximum Gasteiger partial charge on any atom is 0.306 e. The first-order chi connectivity index (χ1) is 11.7. The third kappa shape index (κ3) is 4.41. The molecule has 24 heavy (non-hydrogen) atoms. The summed E-state index contributed by atoms with van der Waals surface area (Å²) >= 11 is 0. The van der Waals surface area contributed by atoms with Crippen LogP contribution in [-0.4, -0.2) is 44.5 Å². The van der Waals surface area contributed by atoms with Crippen molar-refractivity contribution in [2.75, 3.05) is 31.1 Å². The third-order valence-electron chi connectivity index (χ3n) is 4.08. The van der Waals surface area contributed by atoms with Crippen molar-refractivity contribution in [1.29, 1.82) is 0 Å². The Morgan fingerprint density at radius 3 is 3.08 bits per heavy atom. The molecule has 2 rings (SSSR count). The van der Waals surface area contributed by atoms with Crippen molar-refractivity contribution >= 4 is 17.7 Å². The largest absolute Gasteiger partial charge is 0.466 e. The zero-order valence-electron chi connectivity index (χ0n) is 14.0. The van der Waals surface area contributed by atoms with Crippen molar-refractivity contribution < 1.29 is 14.3 Å². The summed E-state index contributed by atoms with van der Waals surface area (Å²) in [6, 6.07) is 5.90. The fourth-order valence-corrected chi connectivity index (χ4v) is 2.98. The Morgan fingerprint density at radius 2 is 2.38 bits per heavy atom. The number of nitrogens with two attached hydrogens (primary N) is 1. The molecule has 0 aliphatic carbocycles. The van der Waals surface area contributed by atoms with Gasteiger partial charge in [0, 0.05) is 38.3 Å². The van der Waals surface area contributed by atoms with E-state index >= 15 is 0 Å². The number of nitrogens with one attached hydrogen (secondary N) is 1. The number of isocyanates is 1. The minimum atomic E-state index is -0.290. The van der Waals surface area contributed by atoms with Crippen LogP contribution in [0.3, 0.4) is 0 Å². The van der Waals surface area contributed by atoms with Crippen LogP contribution >= 0.6 is 0 Å². The molecule has 3 N–H and O–H groups in total. The average Bonchev–Trinajstić information content (AvgIpc) is 2.60. The van der Waals surface area contributed by atoms with E-state index in [4.69, 9.17) is 10.5 Å². The highest BCUT2D eigenvalue weighted by atomic mass is 16.5. The lowest BCUT2D eigenvalue weighted by atomic mass is 9.99. The number of carbonyl (C=O) groups excluding carboxylic acids is 2. The van der Waals surface area contributed by atoms with Gasteiger partial charge in [0.05, 0.1) is 6.61 Å². The number of nitrogens with zero attached hydrogens (tertiary/aromatic N) is 2. The van der Waals surface area contributed by atoms with Gasteiger partial charge in [0.15, 0.2) is 0 Å². The van der Waals surface area contributed by atoms with Gasteiger partial charge in [0.2, 0.25) is 6.08 Å². The number of anilines is 1. The van der Waals surface area contributed by atoms with Gasteiger partial charge >= 0.3 is 5.97 Å². The van der Waals surface area contributed by atoms with Crippen LogP contribution in [0.25, 0.3) is 0 Å². The molecule has 1 saturated heterocycles. The lowest BCUT2D eigenvalue weighted by molar-refractivity contribution is -0.143. The predicted octanol–water partition coefficient (Wildman–Crippen LogP) is 0.713. The summed E-state index contributed by atoms with van der Waals surface area (Å²) in [6.07, 6.45) is 2.25. The van der Waals surface area contributed by atoms with Gasteiger partial charge in [0.1, 0.15) is 6.17 Å². The van der Waals surface area contributed by atoms with E-state index in [2.05, 4.69) is 15.2 Å². The second kappa shape index (κ2) is 9.17. The number of hydrogen-bond acceptors (Lipinski definition) is 7. The van der Waals surface area contributed by atoms with E-state index in [1.165, 1.54) is 0 Å². The van der Waals surface area contributed by atoms with E-state index < -0.39 is 0 Å². The van der Waals surface area contributed by atoms with Crippen molar-refractivity contribution in [2.45, 2.75) is 32.5 Å². The zero-order valence-corrected chi connectivity index (χ0v) is 14.0. The highest BCUT2D eigenvalue weighted by Crippen LogP contribution is 2.27. The number of aliphatic imine (C=N–C) groups is 1. The maximum atomic E-state index is 11.6. The van der Waals surface area contributed by atoms with E-state index in [1.54, 1.807) is 13.0 Å². The van der Waals surface area contributed by atoms with Gasteiger partial charge in [0.25, 0.3) is 0 Å². The molecule has 1 atom stereocenters. The highest BCUT2D eigenvalue weighted by molar-refractivity contribution is 5.70. The molecule has 0 bridgehead atoms. The Balaban J connectivity index is 2.24. The van der Waals surface area contributed by atoms with Crippen LogP contribution in [0.15, 0.2) is 23.2 Å². The maximum absolute atomic E-state index is 11.6. The Kier molecular flexibility index (Phi) is 6.93. The van der Waals surface area contributed by atoms with Gasteiger partial charge < -0.3 is 20.7 Å². The molecule has 1 aliphatic rings. The highest BCUT2D eigenvalue weighted by Gasteiger charge is 2.24. The molecule has 1 aromatic rings. The first-order valence-electron chi connectivity index (χ1n) is 8.22. The predicted molar refractivity (Wildman–Crippen MR) is 91.4 cm³/mol. The molecule has 1 aromatic carbocycles. The average molecular weight is 332 g/mol. The summed E-state index contributed by atoms with van der Waals surface area (Å²) in [6.45, 7) is 4.66. The molecule has 0 saturated carbocycles. The molecule has 1 unspecified atom stereocenters. The van der Waals surface area contributed by atoms with E-state index in [9.17, 15) is 9.59 Å². The molecule has 1 fully saturated rings. The Hall–Kier alpha value is -2.21. The Morgan fingerprint density at radius 1 is 1.54 bits per heavy atom. The quantitative estimate of drug-likeness (QED) is 0.434. The number of carbonyl (C=O) groups is 1. The third-order valence-corrected chi connectivity index (χ3v) is 4.08. The molecule has 0 spiro atoms. The molecule has 7 heteroatoms. The smallest absolute Gasteiger partial charge is 0.306 e. The van der Waals surface area contributed by atoms with Gasteiger partial charge in [-0.25, -0.2) is 4.79 Å². The van der Waals surface area contributed by atoms with E-state index in [-0.39, 0.29) is 12.1 Å². The second-order valence-electron chi connectivity index (χ2n) is 5.52. The fourth-order valence-electron chi connectivity index (χ4n) is 2.98. The lowest BCUT2D eigenvalue weighted by Crippen LogP contribution is -2.51. The van der Waals surface area contributed by atoms with E-state index in [0.29, 0.717) is 32.5 Å². The van der Waals surface area contributed by atoms with Crippen molar-refractivity contribution in [3.8, 4) is 0 Å². The van der Waals surface area contributed by atoms with Crippen molar-refractivity contribution in [3.63, 3.8) is 0 Å². The standard InChI is InChI=1S/C17H24N4O3/c1-2-24-17(23)7-6-13-4-3-5-15(14(13)10-18)21-9-8-19-11-16(21)20-12-22/h3-5,16,19H,2,6-11,18H2,1H3. The van der Waals surface area contributed by atoms with Crippen LogP contribution in [0, 0.1) is 0 Å². The summed E-state index contributed by atoms with van der Waals surface area (Å²) < 4.78 is 4.99. The molecule has 0 amide bonds.